The van der Waals surface area contributed by atoms with Gasteiger partial charge in [0.1, 0.15) is 5.76 Å². The molecule has 1 aliphatic carbocycles. The molecule has 0 saturated heterocycles. The van der Waals surface area contributed by atoms with E-state index in [4.69, 9.17) is 4.42 Å². The van der Waals surface area contributed by atoms with Gasteiger partial charge < -0.3 is 14.3 Å². The lowest BCUT2D eigenvalue weighted by Gasteiger charge is -2.27. The van der Waals surface area contributed by atoms with Gasteiger partial charge in [-0.3, -0.25) is 9.59 Å². The highest BCUT2D eigenvalue weighted by atomic mass is 16.4. The molecule has 2 aromatic rings. The van der Waals surface area contributed by atoms with Crippen LogP contribution in [0.25, 0.3) is 0 Å². The van der Waals surface area contributed by atoms with Crippen LogP contribution >= 0.6 is 0 Å². The van der Waals surface area contributed by atoms with Gasteiger partial charge in [0.25, 0.3) is 11.5 Å². The second kappa shape index (κ2) is 8.19. The standard InChI is InChI=1S/C20H26N2O3/c1-2-15-6-8-16(9-7-15)13-21-20(24)18-11-10-17(25-18)14-22-12-4-3-5-19(22)23/h3-5,10-12,15-16H,2,6-9,13-14H2,1H3,(H,21,24). The molecule has 0 spiro atoms. The molecule has 1 saturated carbocycles. The first-order valence-electron chi connectivity index (χ1n) is 9.18. The van der Waals surface area contributed by atoms with Crippen molar-refractivity contribution >= 4 is 5.91 Å². The smallest absolute Gasteiger partial charge is 0.287 e. The molecule has 1 N–H and O–H groups in total. The third kappa shape index (κ3) is 4.62. The Balaban J connectivity index is 1.51. The minimum atomic E-state index is -0.177. The van der Waals surface area contributed by atoms with Gasteiger partial charge in [-0.2, -0.15) is 0 Å². The highest BCUT2D eigenvalue weighted by molar-refractivity contribution is 5.91. The molecule has 0 atom stereocenters. The highest BCUT2D eigenvalue weighted by Gasteiger charge is 2.21. The maximum Gasteiger partial charge on any atom is 0.287 e. The summed E-state index contributed by atoms with van der Waals surface area (Å²) in [5.41, 5.74) is -0.0902. The summed E-state index contributed by atoms with van der Waals surface area (Å²) in [6.07, 6.45) is 7.90. The molecule has 0 aliphatic heterocycles. The average Bonchev–Trinajstić information content (AvgIpc) is 3.11. The van der Waals surface area contributed by atoms with Gasteiger partial charge in [0.05, 0.1) is 6.54 Å². The van der Waals surface area contributed by atoms with Crippen LogP contribution in [0.1, 0.15) is 55.3 Å². The van der Waals surface area contributed by atoms with E-state index in [1.807, 2.05) is 0 Å². The third-order valence-corrected chi connectivity index (χ3v) is 5.21. The first-order valence-corrected chi connectivity index (χ1v) is 9.18. The summed E-state index contributed by atoms with van der Waals surface area (Å²) < 4.78 is 7.16. The Labute approximate surface area is 148 Å². The van der Waals surface area contributed by atoms with E-state index in [-0.39, 0.29) is 11.5 Å². The maximum atomic E-state index is 12.3. The lowest BCUT2D eigenvalue weighted by molar-refractivity contribution is 0.0911. The summed E-state index contributed by atoms with van der Waals surface area (Å²) in [7, 11) is 0. The van der Waals surface area contributed by atoms with Gasteiger partial charge in [-0.25, -0.2) is 0 Å². The summed E-state index contributed by atoms with van der Waals surface area (Å²) in [5, 5.41) is 2.99. The molecular weight excluding hydrogens is 316 g/mol. The fraction of sp³-hybridized carbons (Fsp3) is 0.500. The molecule has 5 nitrogen and oxygen atoms in total. The Morgan fingerprint density at radius 3 is 2.64 bits per heavy atom. The van der Waals surface area contributed by atoms with Crippen LogP contribution < -0.4 is 10.9 Å². The Bertz CT molecular complexity index is 754. The molecule has 0 unspecified atom stereocenters. The van der Waals surface area contributed by atoms with Crippen molar-refractivity contribution in [2.45, 2.75) is 45.6 Å². The second-order valence-electron chi connectivity index (χ2n) is 6.94. The van der Waals surface area contributed by atoms with E-state index in [0.29, 0.717) is 30.5 Å². The summed E-state index contributed by atoms with van der Waals surface area (Å²) in [5.74, 6) is 2.16. The summed E-state index contributed by atoms with van der Waals surface area (Å²) in [6, 6.07) is 8.43. The molecule has 25 heavy (non-hydrogen) atoms. The van der Waals surface area contributed by atoms with Crippen molar-refractivity contribution in [2.24, 2.45) is 11.8 Å². The number of pyridine rings is 1. The van der Waals surface area contributed by atoms with Crippen molar-refractivity contribution in [1.82, 2.24) is 9.88 Å². The van der Waals surface area contributed by atoms with Crippen LogP contribution in [0.4, 0.5) is 0 Å². The van der Waals surface area contributed by atoms with Gasteiger partial charge in [-0.05, 0) is 42.9 Å². The van der Waals surface area contributed by atoms with E-state index < -0.39 is 0 Å². The number of nitrogens with one attached hydrogen (secondary N) is 1. The fourth-order valence-electron chi connectivity index (χ4n) is 3.51. The topological polar surface area (TPSA) is 64.2 Å². The van der Waals surface area contributed by atoms with Crippen molar-refractivity contribution < 1.29 is 9.21 Å². The van der Waals surface area contributed by atoms with Crippen LogP contribution in [0, 0.1) is 11.8 Å². The molecule has 5 heteroatoms. The van der Waals surface area contributed by atoms with Crippen molar-refractivity contribution in [1.29, 1.82) is 0 Å². The molecule has 0 radical (unpaired) electrons. The Morgan fingerprint density at radius 1 is 1.16 bits per heavy atom. The van der Waals surface area contributed by atoms with E-state index in [0.717, 1.165) is 5.92 Å². The first kappa shape index (κ1) is 17.5. The van der Waals surface area contributed by atoms with Crippen LogP contribution in [0.3, 0.4) is 0 Å². The molecule has 0 aromatic carbocycles. The number of rotatable bonds is 6. The molecule has 1 amide bonds. The predicted octanol–water partition coefficient (Wildman–Crippen LogP) is 3.44. The van der Waals surface area contributed by atoms with E-state index >= 15 is 0 Å². The summed E-state index contributed by atoms with van der Waals surface area (Å²) >= 11 is 0. The van der Waals surface area contributed by atoms with E-state index in [9.17, 15) is 9.59 Å². The average molecular weight is 342 g/mol. The molecule has 0 bridgehead atoms. The van der Waals surface area contributed by atoms with Crippen LogP contribution in [-0.2, 0) is 6.54 Å². The second-order valence-corrected chi connectivity index (χ2v) is 6.94. The van der Waals surface area contributed by atoms with E-state index in [1.165, 1.54) is 38.2 Å². The molecule has 2 heterocycles. The van der Waals surface area contributed by atoms with Crippen molar-refractivity contribution in [3.05, 3.63) is 58.4 Å². The third-order valence-electron chi connectivity index (χ3n) is 5.21. The van der Waals surface area contributed by atoms with Gasteiger partial charge in [0, 0.05) is 18.8 Å². The minimum Gasteiger partial charge on any atom is -0.454 e. The van der Waals surface area contributed by atoms with Crippen LogP contribution in [-0.4, -0.2) is 17.0 Å². The zero-order valence-electron chi connectivity index (χ0n) is 14.7. The molecule has 1 fully saturated rings. The van der Waals surface area contributed by atoms with E-state index in [1.54, 1.807) is 35.0 Å². The lowest BCUT2D eigenvalue weighted by Crippen LogP contribution is -2.31. The number of furan rings is 1. The number of amides is 1. The zero-order chi connectivity index (χ0) is 17.6. The number of nitrogens with zero attached hydrogens (tertiary/aromatic N) is 1. The number of hydrogen-bond acceptors (Lipinski definition) is 3. The van der Waals surface area contributed by atoms with Gasteiger partial charge in [-0.1, -0.05) is 32.3 Å². The quantitative estimate of drug-likeness (QED) is 0.874. The summed E-state index contributed by atoms with van der Waals surface area (Å²) in [6.45, 7) is 3.29. The normalized spacial score (nSPS) is 20.4. The zero-order valence-corrected chi connectivity index (χ0v) is 14.7. The minimum absolute atomic E-state index is 0.0902. The number of aromatic nitrogens is 1. The number of carbonyl (C=O) groups excluding carboxylic acids is 1. The van der Waals surface area contributed by atoms with Gasteiger partial charge in [0.15, 0.2) is 5.76 Å². The SMILES string of the molecule is CCC1CCC(CNC(=O)c2ccc(Cn3ccccc3=O)o2)CC1. The first-order chi connectivity index (χ1) is 12.2. The highest BCUT2D eigenvalue weighted by Crippen LogP contribution is 2.30. The molecule has 134 valence electrons. The largest absolute Gasteiger partial charge is 0.454 e. The van der Waals surface area contributed by atoms with Crippen molar-refractivity contribution in [3.8, 4) is 0 Å². The monoisotopic (exact) mass is 342 g/mol. The fourth-order valence-corrected chi connectivity index (χ4v) is 3.51. The Hall–Kier alpha value is -2.30. The number of carbonyl (C=O) groups is 1. The Morgan fingerprint density at radius 2 is 1.92 bits per heavy atom. The molecular formula is C20H26N2O3. The van der Waals surface area contributed by atoms with Crippen LogP contribution in [0.2, 0.25) is 0 Å². The van der Waals surface area contributed by atoms with Gasteiger partial charge >= 0.3 is 0 Å². The van der Waals surface area contributed by atoms with Crippen molar-refractivity contribution in [2.75, 3.05) is 6.54 Å². The van der Waals surface area contributed by atoms with Crippen LogP contribution in [0.5, 0.6) is 0 Å². The molecule has 1 aliphatic rings. The summed E-state index contributed by atoms with van der Waals surface area (Å²) in [4.78, 5) is 24.0. The molecule has 2 aromatic heterocycles. The number of hydrogen-bond donors (Lipinski definition) is 1. The van der Waals surface area contributed by atoms with Crippen LogP contribution in [0.15, 0.2) is 45.7 Å². The lowest BCUT2D eigenvalue weighted by atomic mass is 9.81. The van der Waals surface area contributed by atoms with E-state index in [2.05, 4.69) is 12.2 Å². The predicted molar refractivity (Wildman–Crippen MR) is 96.6 cm³/mol. The van der Waals surface area contributed by atoms with Crippen molar-refractivity contribution in [3.63, 3.8) is 0 Å². The molecule has 3 rings (SSSR count). The van der Waals surface area contributed by atoms with Gasteiger partial charge in [0.2, 0.25) is 0 Å². The maximum absolute atomic E-state index is 12.3. The Kier molecular flexibility index (Phi) is 5.74. The van der Waals surface area contributed by atoms with Gasteiger partial charge in [-0.15, -0.1) is 0 Å².